The SMILES string of the molecule is Cc1csc(C(=O)N2CCOC3(COCCN(c4cnccn4)C3)C2)c1.O=C(O)C(=O)O. The number of hydrogen-bond donors (Lipinski definition) is 2. The average molecular weight is 465 g/mol. The number of nitrogens with zero attached hydrogens (tertiary/aromatic N) is 4. The van der Waals surface area contributed by atoms with E-state index >= 15 is 0 Å². The lowest BCUT2D eigenvalue weighted by Gasteiger charge is -2.43. The van der Waals surface area contributed by atoms with Gasteiger partial charge in [0.25, 0.3) is 5.91 Å². The smallest absolute Gasteiger partial charge is 0.414 e. The molecule has 32 heavy (non-hydrogen) atoms. The Morgan fingerprint density at radius 3 is 2.53 bits per heavy atom. The molecule has 0 saturated carbocycles. The van der Waals surface area contributed by atoms with Crippen LogP contribution in [-0.2, 0) is 19.1 Å². The number of carbonyl (C=O) groups is 3. The Morgan fingerprint density at radius 1 is 1.12 bits per heavy atom. The first-order chi connectivity index (χ1) is 15.3. The topological polar surface area (TPSA) is 142 Å². The third kappa shape index (κ3) is 5.99. The lowest BCUT2D eigenvalue weighted by molar-refractivity contribution is -0.159. The minimum Gasteiger partial charge on any atom is -0.473 e. The number of amides is 1. The lowest BCUT2D eigenvalue weighted by atomic mass is 10.0. The van der Waals surface area contributed by atoms with Crippen molar-refractivity contribution in [1.82, 2.24) is 14.9 Å². The van der Waals surface area contributed by atoms with Gasteiger partial charge in [-0.3, -0.25) is 9.78 Å². The summed E-state index contributed by atoms with van der Waals surface area (Å²) in [5.41, 5.74) is 0.571. The molecule has 2 aromatic heterocycles. The molecular formula is C20H24N4O7S. The largest absolute Gasteiger partial charge is 0.473 e. The van der Waals surface area contributed by atoms with Crippen molar-refractivity contribution in [1.29, 1.82) is 0 Å². The zero-order valence-corrected chi connectivity index (χ0v) is 18.3. The van der Waals surface area contributed by atoms with E-state index in [-0.39, 0.29) is 5.91 Å². The molecule has 12 heteroatoms. The molecule has 1 unspecified atom stereocenters. The fourth-order valence-electron chi connectivity index (χ4n) is 3.46. The molecule has 11 nitrogen and oxygen atoms in total. The maximum Gasteiger partial charge on any atom is 0.414 e. The standard InChI is InChI=1S/C18H22N4O3S.C2H2O4/c1-14-8-15(26-10-14)17(23)22-5-7-25-18(12-22)11-21(4-6-24-13-18)16-9-19-2-3-20-16;3-1(4)2(5)6/h2-3,8-10H,4-7,11-13H2,1H3;(H,3,4)(H,5,6). The Morgan fingerprint density at radius 2 is 1.91 bits per heavy atom. The summed E-state index contributed by atoms with van der Waals surface area (Å²) in [6.07, 6.45) is 5.09. The highest BCUT2D eigenvalue weighted by molar-refractivity contribution is 7.12. The summed E-state index contributed by atoms with van der Waals surface area (Å²) in [6, 6.07) is 1.95. The van der Waals surface area contributed by atoms with Crippen LogP contribution in [-0.4, -0.2) is 94.5 Å². The number of anilines is 1. The maximum absolute atomic E-state index is 12.9. The van der Waals surface area contributed by atoms with Crippen molar-refractivity contribution in [3.05, 3.63) is 40.5 Å². The average Bonchev–Trinajstić information content (AvgIpc) is 3.12. The van der Waals surface area contributed by atoms with E-state index in [1.165, 1.54) is 11.3 Å². The van der Waals surface area contributed by atoms with E-state index in [2.05, 4.69) is 14.9 Å². The molecule has 2 aliphatic heterocycles. The van der Waals surface area contributed by atoms with Crippen molar-refractivity contribution in [3.63, 3.8) is 0 Å². The molecule has 2 N–H and O–H groups in total. The van der Waals surface area contributed by atoms with E-state index in [0.29, 0.717) is 39.5 Å². The molecule has 0 radical (unpaired) electrons. The van der Waals surface area contributed by atoms with Crippen LogP contribution in [0.4, 0.5) is 5.82 Å². The summed E-state index contributed by atoms with van der Waals surface area (Å²) >= 11 is 1.50. The second-order valence-electron chi connectivity index (χ2n) is 7.39. The summed E-state index contributed by atoms with van der Waals surface area (Å²) < 4.78 is 12.0. The van der Waals surface area contributed by atoms with E-state index in [4.69, 9.17) is 29.3 Å². The van der Waals surface area contributed by atoms with Gasteiger partial charge in [0.2, 0.25) is 0 Å². The first-order valence-corrected chi connectivity index (χ1v) is 10.7. The van der Waals surface area contributed by atoms with Gasteiger partial charge in [0.1, 0.15) is 11.4 Å². The van der Waals surface area contributed by atoms with Crippen LogP contribution >= 0.6 is 11.3 Å². The Kier molecular flexibility index (Phi) is 7.72. The third-order valence-electron chi connectivity index (χ3n) is 4.88. The van der Waals surface area contributed by atoms with Crippen molar-refractivity contribution in [2.45, 2.75) is 12.5 Å². The summed E-state index contributed by atoms with van der Waals surface area (Å²) in [6.45, 7) is 6.04. The van der Waals surface area contributed by atoms with Gasteiger partial charge in [0.05, 0.1) is 44.0 Å². The molecule has 4 rings (SSSR count). The number of carboxylic acid groups (broad SMARTS) is 2. The van der Waals surface area contributed by atoms with Gasteiger partial charge in [-0.15, -0.1) is 11.3 Å². The predicted molar refractivity (Wildman–Crippen MR) is 114 cm³/mol. The molecule has 4 heterocycles. The van der Waals surface area contributed by atoms with Gasteiger partial charge in [-0.2, -0.15) is 0 Å². The number of thiophene rings is 1. The monoisotopic (exact) mass is 464 g/mol. The highest BCUT2D eigenvalue weighted by Crippen LogP contribution is 2.26. The Hall–Kier alpha value is -3.09. The highest BCUT2D eigenvalue weighted by Gasteiger charge is 2.42. The molecule has 0 bridgehead atoms. The normalized spacial score (nSPS) is 20.8. The van der Waals surface area contributed by atoms with Crippen LogP contribution in [0.3, 0.4) is 0 Å². The summed E-state index contributed by atoms with van der Waals surface area (Å²) in [4.78, 5) is 44.4. The molecule has 0 aromatic carbocycles. The second kappa shape index (κ2) is 10.5. The molecule has 1 amide bonds. The maximum atomic E-state index is 12.9. The van der Waals surface area contributed by atoms with Crippen LogP contribution in [0, 0.1) is 6.92 Å². The van der Waals surface area contributed by atoms with Crippen molar-refractivity contribution in [2.24, 2.45) is 0 Å². The first kappa shape index (κ1) is 23.6. The molecule has 2 saturated heterocycles. The molecule has 2 aliphatic rings. The quantitative estimate of drug-likeness (QED) is 0.611. The van der Waals surface area contributed by atoms with Crippen molar-refractivity contribution in [3.8, 4) is 0 Å². The van der Waals surface area contributed by atoms with Gasteiger partial charge >= 0.3 is 11.9 Å². The molecule has 0 aliphatic carbocycles. The Bertz CT molecular complexity index is 942. The first-order valence-electron chi connectivity index (χ1n) is 9.83. The molecule has 2 fully saturated rings. The third-order valence-corrected chi connectivity index (χ3v) is 5.92. The summed E-state index contributed by atoms with van der Waals surface area (Å²) in [5.74, 6) is -2.77. The van der Waals surface area contributed by atoms with Gasteiger partial charge in [-0.1, -0.05) is 0 Å². The van der Waals surface area contributed by atoms with Gasteiger partial charge < -0.3 is 29.5 Å². The minimum atomic E-state index is -1.82. The number of aliphatic carboxylic acids is 2. The number of aromatic nitrogens is 2. The molecule has 1 atom stereocenters. The lowest BCUT2D eigenvalue weighted by Crippen LogP contribution is -2.60. The van der Waals surface area contributed by atoms with Gasteiger partial charge in [-0.05, 0) is 23.9 Å². The summed E-state index contributed by atoms with van der Waals surface area (Å²) in [5, 5.41) is 16.8. The molecule has 172 valence electrons. The Balaban J connectivity index is 0.000000427. The van der Waals surface area contributed by atoms with Crippen LogP contribution in [0.25, 0.3) is 0 Å². The van der Waals surface area contributed by atoms with Crippen molar-refractivity contribution < 1.29 is 34.1 Å². The zero-order valence-electron chi connectivity index (χ0n) is 17.5. The van der Waals surface area contributed by atoms with Crippen LogP contribution in [0.1, 0.15) is 15.2 Å². The van der Waals surface area contributed by atoms with Gasteiger partial charge in [-0.25, -0.2) is 14.6 Å². The number of morpholine rings is 1. The van der Waals surface area contributed by atoms with E-state index < -0.39 is 17.5 Å². The minimum absolute atomic E-state index is 0.0704. The predicted octanol–water partition coefficient (Wildman–Crippen LogP) is 0.750. The Labute approximate surface area is 188 Å². The van der Waals surface area contributed by atoms with Crippen molar-refractivity contribution >= 4 is 35.0 Å². The van der Waals surface area contributed by atoms with E-state index in [9.17, 15) is 4.79 Å². The number of ether oxygens (including phenoxy) is 2. The molecule has 2 aromatic rings. The number of aryl methyl sites for hydroxylation is 1. The fourth-order valence-corrected chi connectivity index (χ4v) is 4.32. The zero-order chi connectivity index (χ0) is 23.1. The number of carbonyl (C=O) groups excluding carboxylic acids is 1. The summed E-state index contributed by atoms with van der Waals surface area (Å²) in [7, 11) is 0. The van der Waals surface area contributed by atoms with Gasteiger partial charge in [0.15, 0.2) is 0 Å². The molecule has 1 spiro atoms. The highest BCUT2D eigenvalue weighted by atomic mass is 32.1. The number of carboxylic acids is 2. The van der Waals surface area contributed by atoms with E-state index in [1.54, 1.807) is 18.6 Å². The van der Waals surface area contributed by atoms with Crippen LogP contribution in [0.2, 0.25) is 0 Å². The second-order valence-corrected chi connectivity index (χ2v) is 8.31. The van der Waals surface area contributed by atoms with Crippen molar-refractivity contribution in [2.75, 3.05) is 50.9 Å². The van der Waals surface area contributed by atoms with Gasteiger partial charge in [0, 0.05) is 25.5 Å². The molecular weight excluding hydrogens is 440 g/mol. The fraction of sp³-hybridized carbons (Fsp3) is 0.450. The van der Waals surface area contributed by atoms with E-state index in [0.717, 1.165) is 22.8 Å². The van der Waals surface area contributed by atoms with E-state index in [1.807, 2.05) is 23.3 Å². The number of rotatable bonds is 2. The van der Waals surface area contributed by atoms with Crippen LogP contribution < -0.4 is 4.90 Å². The number of hydrogen-bond acceptors (Lipinski definition) is 9. The van der Waals surface area contributed by atoms with Crippen LogP contribution in [0.15, 0.2) is 30.0 Å². The van der Waals surface area contributed by atoms with Crippen LogP contribution in [0.5, 0.6) is 0 Å².